The van der Waals surface area contributed by atoms with E-state index >= 15 is 0 Å². The third-order valence-corrected chi connectivity index (χ3v) is 4.37. The molecule has 0 amide bonds. The molecule has 0 unspecified atom stereocenters. The summed E-state index contributed by atoms with van der Waals surface area (Å²) in [5.41, 5.74) is 1.71. The fourth-order valence-corrected chi connectivity index (χ4v) is 2.97. The van der Waals surface area contributed by atoms with Gasteiger partial charge < -0.3 is 15.7 Å². The van der Waals surface area contributed by atoms with Gasteiger partial charge in [-0.3, -0.25) is 0 Å². The van der Waals surface area contributed by atoms with Crippen LogP contribution in [0.3, 0.4) is 0 Å². The zero-order chi connectivity index (χ0) is 16.3. The minimum atomic E-state index is -0.512. The molecule has 0 radical (unpaired) electrons. The molecule has 3 N–H and O–H groups in total. The lowest BCUT2D eigenvalue weighted by atomic mass is 9.84. The molecule has 5 nitrogen and oxygen atoms in total. The van der Waals surface area contributed by atoms with Gasteiger partial charge in [-0.05, 0) is 57.2 Å². The summed E-state index contributed by atoms with van der Waals surface area (Å²) in [7, 11) is 0. The molecule has 2 aromatic rings. The predicted molar refractivity (Wildman–Crippen MR) is 93.0 cm³/mol. The van der Waals surface area contributed by atoms with Crippen molar-refractivity contribution in [2.75, 3.05) is 10.6 Å². The Balaban J connectivity index is 1.63. The number of benzene rings is 1. The first-order chi connectivity index (χ1) is 11.0. The first-order valence-electron chi connectivity index (χ1n) is 8.15. The van der Waals surface area contributed by atoms with Gasteiger partial charge in [0.2, 0.25) is 0 Å². The Bertz CT molecular complexity index is 662. The smallest absolute Gasteiger partial charge is 0.135 e. The molecule has 0 spiro atoms. The summed E-state index contributed by atoms with van der Waals surface area (Å²) < 4.78 is 0. The van der Waals surface area contributed by atoms with E-state index in [0.717, 1.165) is 43.0 Å². The van der Waals surface area contributed by atoms with Crippen LogP contribution in [0.15, 0.2) is 36.7 Å². The lowest BCUT2D eigenvalue weighted by Gasteiger charge is -2.33. The highest BCUT2D eigenvalue weighted by atomic mass is 16.3. The molecule has 1 heterocycles. The van der Waals surface area contributed by atoms with Crippen LogP contribution in [-0.2, 0) is 0 Å². The van der Waals surface area contributed by atoms with Gasteiger partial charge >= 0.3 is 0 Å². The lowest BCUT2D eigenvalue weighted by Crippen LogP contribution is -2.35. The topological polar surface area (TPSA) is 70.1 Å². The van der Waals surface area contributed by atoms with E-state index in [1.54, 1.807) is 6.33 Å². The first-order valence-corrected chi connectivity index (χ1v) is 8.15. The van der Waals surface area contributed by atoms with Crippen LogP contribution in [0.5, 0.6) is 0 Å². The lowest BCUT2D eigenvalue weighted by molar-refractivity contribution is 0.0196. The second-order valence-electron chi connectivity index (χ2n) is 6.70. The summed E-state index contributed by atoms with van der Waals surface area (Å²) in [6.45, 7) is 3.98. The number of anilines is 3. The third kappa shape index (κ3) is 4.42. The molecule has 1 aromatic carbocycles. The highest BCUT2D eigenvalue weighted by Crippen LogP contribution is 2.29. The molecule has 1 fully saturated rings. The normalized spacial score (nSPS) is 24.2. The number of nitrogens with zero attached hydrogens (tertiary/aromatic N) is 2. The van der Waals surface area contributed by atoms with Gasteiger partial charge in [0.1, 0.15) is 18.0 Å². The van der Waals surface area contributed by atoms with Crippen LogP contribution in [0.2, 0.25) is 0 Å². The Kier molecular flexibility index (Phi) is 4.48. The fraction of sp³-hybridized carbons (Fsp3) is 0.444. The highest BCUT2D eigenvalue weighted by molar-refractivity contribution is 5.59. The van der Waals surface area contributed by atoms with E-state index in [0.29, 0.717) is 6.04 Å². The standard InChI is InChI=1S/C18H24N4O/c1-13-4-3-5-15(10-13)22-17-11-16(19-12-20-17)21-14-6-8-18(2,23)9-7-14/h3-5,10-12,14,23H,6-9H2,1-2H3,(H2,19,20,21,22)/t14-,18-. The molecule has 5 heteroatoms. The van der Waals surface area contributed by atoms with Crippen molar-refractivity contribution < 1.29 is 5.11 Å². The zero-order valence-electron chi connectivity index (χ0n) is 13.7. The van der Waals surface area contributed by atoms with E-state index in [4.69, 9.17) is 0 Å². The van der Waals surface area contributed by atoms with E-state index in [-0.39, 0.29) is 0 Å². The van der Waals surface area contributed by atoms with Gasteiger partial charge in [-0.1, -0.05) is 12.1 Å². The Morgan fingerprint density at radius 3 is 2.61 bits per heavy atom. The second kappa shape index (κ2) is 6.54. The summed E-state index contributed by atoms with van der Waals surface area (Å²) in [4.78, 5) is 8.58. The molecule has 0 atom stereocenters. The van der Waals surface area contributed by atoms with E-state index in [1.807, 2.05) is 25.1 Å². The zero-order valence-corrected chi connectivity index (χ0v) is 13.7. The summed E-state index contributed by atoms with van der Waals surface area (Å²) in [6, 6.07) is 10.5. The molecular weight excluding hydrogens is 288 g/mol. The molecule has 1 aliphatic carbocycles. The number of nitrogens with one attached hydrogen (secondary N) is 2. The Hall–Kier alpha value is -2.14. The van der Waals surface area contributed by atoms with Crippen molar-refractivity contribution in [3.8, 4) is 0 Å². The predicted octanol–water partition coefficient (Wildman–Crippen LogP) is 3.63. The number of rotatable bonds is 4. The second-order valence-corrected chi connectivity index (χ2v) is 6.70. The molecule has 1 saturated carbocycles. The van der Waals surface area contributed by atoms with Crippen LogP contribution in [0.1, 0.15) is 38.2 Å². The molecule has 23 heavy (non-hydrogen) atoms. The van der Waals surface area contributed by atoms with Crippen molar-refractivity contribution in [2.24, 2.45) is 0 Å². The van der Waals surface area contributed by atoms with Gasteiger partial charge in [-0.25, -0.2) is 9.97 Å². The average molecular weight is 312 g/mol. The van der Waals surface area contributed by atoms with E-state index < -0.39 is 5.60 Å². The van der Waals surface area contributed by atoms with Gasteiger partial charge in [0.25, 0.3) is 0 Å². The number of hydrogen-bond donors (Lipinski definition) is 3. The minimum absolute atomic E-state index is 0.358. The molecule has 0 saturated heterocycles. The van der Waals surface area contributed by atoms with Gasteiger partial charge in [0.15, 0.2) is 0 Å². The fourth-order valence-electron chi connectivity index (χ4n) is 2.97. The van der Waals surface area contributed by atoms with Crippen LogP contribution in [-0.4, -0.2) is 26.7 Å². The minimum Gasteiger partial charge on any atom is -0.390 e. The summed E-state index contributed by atoms with van der Waals surface area (Å²) in [5.74, 6) is 1.60. The highest BCUT2D eigenvalue weighted by Gasteiger charge is 2.28. The van der Waals surface area contributed by atoms with Crippen LogP contribution in [0.25, 0.3) is 0 Å². The van der Waals surface area contributed by atoms with Crippen LogP contribution in [0.4, 0.5) is 17.3 Å². The van der Waals surface area contributed by atoms with Crippen molar-refractivity contribution in [3.63, 3.8) is 0 Å². The maximum absolute atomic E-state index is 10.0. The largest absolute Gasteiger partial charge is 0.390 e. The molecule has 122 valence electrons. The van der Waals surface area contributed by atoms with E-state index in [1.165, 1.54) is 5.56 Å². The number of hydrogen-bond acceptors (Lipinski definition) is 5. The first kappa shape index (κ1) is 15.7. The Morgan fingerprint density at radius 2 is 1.87 bits per heavy atom. The van der Waals surface area contributed by atoms with Crippen molar-refractivity contribution in [1.29, 1.82) is 0 Å². The van der Waals surface area contributed by atoms with Crippen molar-refractivity contribution >= 4 is 17.3 Å². The maximum atomic E-state index is 10.0. The molecule has 0 aliphatic heterocycles. The Labute approximate surface area is 137 Å². The quantitative estimate of drug-likeness (QED) is 0.804. The number of aliphatic hydroxyl groups is 1. The van der Waals surface area contributed by atoms with Crippen molar-refractivity contribution in [1.82, 2.24) is 9.97 Å². The summed E-state index contributed by atoms with van der Waals surface area (Å²) in [6.07, 6.45) is 5.13. The Morgan fingerprint density at radius 1 is 1.13 bits per heavy atom. The molecule has 1 aliphatic rings. The van der Waals surface area contributed by atoms with Crippen LogP contribution >= 0.6 is 0 Å². The molecular formula is C18H24N4O. The van der Waals surface area contributed by atoms with Crippen molar-refractivity contribution in [2.45, 2.75) is 51.2 Å². The van der Waals surface area contributed by atoms with Gasteiger partial charge in [-0.15, -0.1) is 0 Å². The van der Waals surface area contributed by atoms with Gasteiger partial charge in [0.05, 0.1) is 5.60 Å². The van der Waals surface area contributed by atoms with E-state index in [2.05, 4.69) is 39.7 Å². The molecule has 0 bridgehead atoms. The van der Waals surface area contributed by atoms with Crippen LogP contribution in [0, 0.1) is 6.92 Å². The SMILES string of the molecule is Cc1cccc(Nc2cc(N[C@H]3CC[C@](C)(O)CC3)ncn2)c1. The number of aromatic nitrogens is 2. The van der Waals surface area contributed by atoms with Gasteiger partial charge in [0, 0.05) is 17.8 Å². The maximum Gasteiger partial charge on any atom is 0.135 e. The molecule has 1 aromatic heterocycles. The average Bonchev–Trinajstić information content (AvgIpc) is 2.50. The van der Waals surface area contributed by atoms with E-state index in [9.17, 15) is 5.11 Å². The molecule has 3 rings (SSSR count). The summed E-state index contributed by atoms with van der Waals surface area (Å²) in [5, 5.41) is 16.8. The van der Waals surface area contributed by atoms with Crippen molar-refractivity contribution in [3.05, 3.63) is 42.2 Å². The third-order valence-electron chi connectivity index (χ3n) is 4.37. The number of aryl methyl sites for hydroxylation is 1. The summed E-state index contributed by atoms with van der Waals surface area (Å²) >= 11 is 0. The van der Waals surface area contributed by atoms with Gasteiger partial charge in [-0.2, -0.15) is 0 Å². The monoisotopic (exact) mass is 312 g/mol. The van der Waals surface area contributed by atoms with Crippen LogP contribution < -0.4 is 10.6 Å².